The number of hydrogen-bond acceptors (Lipinski definition) is 4. The van der Waals surface area contributed by atoms with Gasteiger partial charge in [-0.2, -0.15) is 0 Å². The van der Waals surface area contributed by atoms with Crippen LogP contribution in [0.1, 0.15) is 28.9 Å². The standard InChI is InChI=1S/C17H16Cl2N2O3/c1-10(11-5-3-2-4-6-11)21-15(22)9-24-17(23)13-7-12(18)8-14(19)16(13)20/h2-8,10H,9,20H2,1H3,(H,21,22)/t10-/m1/s1. The summed E-state index contributed by atoms with van der Waals surface area (Å²) in [6.07, 6.45) is 0. The van der Waals surface area contributed by atoms with E-state index < -0.39 is 18.5 Å². The van der Waals surface area contributed by atoms with Crippen molar-refractivity contribution in [1.82, 2.24) is 5.32 Å². The molecule has 0 unspecified atom stereocenters. The van der Waals surface area contributed by atoms with Crippen LogP contribution in [0.2, 0.25) is 10.0 Å². The molecule has 0 spiro atoms. The van der Waals surface area contributed by atoms with Crippen LogP contribution < -0.4 is 11.1 Å². The van der Waals surface area contributed by atoms with Gasteiger partial charge in [0.2, 0.25) is 0 Å². The second-order valence-electron chi connectivity index (χ2n) is 5.12. The maximum absolute atomic E-state index is 12.0. The smallest absolute Gasteiger partial charge is 0.340 e. The van der Waals surface area contributed by atoms with E-state index in [2.05, 4.69) is 5.32 Å². The molecule has 2 rings (SSSR count). The Morgan fingerprint density at radius 3 is 2.54 bits per heavy atom. The maximum atomic E-state index is 12.0. The molecule has 0 aromatic heterocycles. The number of esters is 1. The predicted molar refractivity (Wildman–Crippen MR) is 94.2 cm³/mol. The molecule has 0 saturated carbocycles. The Bertz CT molecular complexity index is 751. The van der Waals surface area contributed by atoms with Gasteiger partial charge in [0, 0.05) is 5.02 Å². The molecule has 1 atom stereocenters. The van der Waals surface area contributed by atoms with Crippen LogP contribution in [0.25, 0.3) is 0 Å². The molecule has 0 aliphatic carbocycles. The quantitative estimate of drug-likeness (QED) is 0.625. The first-order valence-corrected chi connectivity index (χ1v) is 7.90. The van der Waals surface area contributed by atoms with E-state index in [0.29, 0.717) is 0 Å². The molecule has 0 bridgehead atoms. The molecule has 24 heavy (non-hydrogen) atoms. The van der Waals surface area contributed by atoms with Crippen LogP contribution >= 0.6 is 23.2 Å². The Morgan fingerprint density at radius 1 is 1.21 bits per heavy atom. The maximum Gasteiger partial charge on any atom is 0.340 e. The molecule has 5 nitrogen and oxygen atoms in total. The molecule has 1 amide bonds. The largest absolute Gasteiger partial charge is 0.452 e. The van der Waals surface area contributed by atoms with Crippen molar-refractivity contribution in [1.29, 1.82) is 0 Å². The van der Waals surface area contributed by atoms with E-state index in [1.807, 2.05) is 37.3 Å². The number of amides is 1. The van der Waals surface area contributed by atoms with Crippen LogP contribution in [-0.2, 0) is 9.53 Å². The van der Waals surface area contributed by atoms with Crippen molar-refractivity contribution in [3.63, 3.8) is 0 Å². The molecule has 2 aromatic rings. The van der Waals surface area contributed by atoms with E-state index in [1.165, 1.54) is 12.1 Å². The molecule has 126 valence electrons. The highest BCUT2D eigenvalue weighted by molar-refractivity contribution is 6.37. The first-order valence-electron chi connectivity index (χ1n) is 7.14. The number of benzene rings is 2. The summed E-state index contributed by atoms with van der Waals surface area (Å²) < 4.78 is 4.97. The minimum atomic E-state index is -0.764. The van der Waals surface area contributed by atoms with Crippen LogP contribution in [0.15, 0.2) is 42.5 Å². The number of nitrogens with two attached hydrogens (primary N) is 1. The number of ether oxygens (including phenoxy) is 1. The van der Waals surface area contributed by atoms with E-state index in [0.717, 1.165) is 5.56 Å². The first-order chi connectivity index (χ1) is 11.4. The monoisotopic (exact) mass is 366 g/mol. The van der Waals surface area contributed by atoms with Gasteiger partial charge in [-0.05, 0) is 24.6 Å². The number of halogens is 2. The van der Waals surface area contributed by atoms with Gasteiger partial charge in [-0.25, -0.2) is 4.79 Å². The highest BCUT2D eigenvalue weighted by Crippen LogP contribution is 2.28. The summed E-state index contributed by atoms with van der Waals surface area (Å²) in [4.78, 5) is 23.9. The highest BCUT2D eigenvalue weighted by Gasteiger charge is 2.17. The summed E-state index contributed by atoms with van der Waals surface area (Å²) in [5.41, 5.74) is 6.75. The van der Waals surface area contributed by atoms with E-state index in [4.69, 9.17) is 33.7 Å². The van der Waals surface area contributed by atoms with Gasteiger partial charge in [0.15, 0.2) is 6.61 Å². The average molecular weight is 367 g/mol. The topological polar surface area (TPSA) is 81.4 Å². The van der Waals surface area contributed by atoms with Crippen LogP contribution in [0.3, 0.4) is 0 Å². The fourth-order valence-corrected chi connectivity index (χ4v) is 2.56. The van der Waals surface area contributed by atoms with E-state index in [9.17, 15) is 9.59 Å². The van der Waals surface area contributed by atoms with Gasteiger partial charge in [0.1, 0.15) is 0 Å². The molecule has 0 saturated heterocycles. The lowest BCUT2D eigenvalue weighted by atomic mass is 10.1. The molecule has 0 heterocycles. The van der Waals surface area contributed by atoms with Gasteiger partial charge in [-0.1, -0.05) is 53.5 Å². The molecule has 0 radical (unpaired) electrons. The van der Waals surface area contributed by atoms with Gasteiger partial charge in [-0.3, -0.25) is 4.79 Å². The second-order valence-corrected chi connectivity index (χ2v) is 5.97. The van der Waals surface area contributed by atoms with Gasteiger partial charge in [0.05, 0.1) is 22.3 Å². The zero-order valence-corrected chi connectivity index (χ0v) is 14.4. The number of hydrogen-bond donors (Lipinski definition) is 2. The Kier molecular flexibility index (Phi) is 6.06. The fraction of sp³-hybridized carbons (Fsp3) is 0.176. The number of carbonyl (C=O) groups is 2. The summed E-state index contributed by atoms with van der Waals surface area (Å²) in [5, 5.41) is 3.14. The van der Waals surface area contributed by atoms with Crippen molar-refractivity contribution in [3.05, 3.63) is 63.6 Å². The Balaban J connectivity index is 1.93. The Morgan fingerprint density at radius 2 is 1.88 bits per heavy atom. The summed E-state index contributed by atoms with van der Waals surface area (Å²) in [5.74, 6) is -1.19. The molecule has 2 aromatic carbocycles. The van der Waals surface area contributed by atoms with Gasteiger partial charge in [0.25, 0.3) is 5.91 Å². The van der Waals surface area contributed by atoms with Crippen LogP contribution in [0, 0.1) is 0 Å². The summed E-state index contributed by atoms with van der Waals surface area (Å²) >= 11 is 11.7. The minimum Gasteiger partial charge on any atom is -0.452 e. The summed E-state index contributed by atoms with van der Waals surface area (Å²) in [7, 11) is 0. The first kappa shape index (κ1) is 18.1. The lowest BCUT2D eigenvalue weighted by molar-refractivity contribution is -0.124. The molecular formula is C17H16Cl2N2O3. The lowest BCUT2D eigenvalue weighted by Gasteiger charge is -2.14. The normalized spacial score (nSPS) is 11.6. The Labute approximate surface area is 149 Å². The molecule has 0 aliphatic rings. The molecule has 0 aliphatic heterocycles. The fourth-order valence-electron chi connectivity index (χ4n) is 2.07. The van der Waals surface area contributed by atoms with Crippen molar-refractivity contribution in [3.8, 4) is 0 Å². The van der Waals surface area contributed by atoms with Crippen molar-refractivity contribution >= 4 is 40.8 Å². The number of nitrogen functional groups attached to an aromatic ring is 1. The van der Waals surface area contributed by atoms with Crippen molar-refractivity contribution in [2.45, 2.75) is 13.0 Å². The van der Waals surface area contributed by atoms with Crippen LogP contribution in [0.4, 0.5) is 5.69 Å². The number of carbonyl (C=O) groups excluding carboxylic acids is 2. The van der Waals surface area contributed by atoms with Crippen LogP contribution in [-0.4, -0.2) is 18.5 Å². The van der Waals surface area contributed by atoms with Gasteiger partial charge >= 0.3 is 5.97 Å². The van der Waals surface area contributed by atoms with Crippen molar-refractivity contribution < 1.29 is 14.3 Å². The van der Waals surface area contributed by atoms with E-state index >= 15 is 0 Å². The average Bonchev–Trinajstić information content (AvgIpc) is 2.56. The van der Waals surface area contributed by atoms with Crippen molar-refractivity contribution in [2.75, 3.05) is 12.3 Å². The SMILES string of the molecule is C[C@@H](NC(=O)COC(=O)c1cc(Cl)cc(Cl)c1N)c1ccccc1. The Hall–Kier alpha value is -2.24. The minimum absolute atomic E-state index is 0.0245. The van der Waals surface area contributed by atoms with Crippen molar-refractivity contribution in [2.24, 2.45) is 0 Å². The molecule has 0 fully saturated rings. The summed E-state index contributed by atoms with van der Waals surface area (Å²) in [6, 6.07) is 12.0. The third kappa shape index (κ3) is 4.63. The third-order valence-corrected chi connectivity index (χ3v) is 3.86. The zero-order chi connectivity index (χ0) is 17.7. The zero-order valence-electron chi connectivity index (χ0n) is 12.9. The third-order valence-electron chi connectivity index (χ3n) is 3.33. The predicted octanol–water partition coefficient (Wildman–Crippen LogP) is 3.61. The number of nitrogens with one attached hydrogen (secondary N) is 1. The number of anilines is 1. The molecule has 7 heteroatoms. The van der Waals surface area contributed by atoms with Gasteiger partial charge in [-0.15, -0.1) is 0 Å². The molecular weight excluding hydrogens is 351 g/mol. The van der Waals surface area contributed by atoms with Crippen LogP contribution in [0.5, 0.6) is 0 Å². The second kappa shape index (κ2) is 8.04. The van der Waals surface area contributed by atoms with E-state index in [1.54, 1.807) is 0 Å². The summed E-state index contributed by atoms with van der Waals surface area (Å²) in [6.45, 7) is 1.41. The van der Waals surface area contributed by atoms with Gasteiger partial charge < -0.3 is 15.8 Å². The highest BCUT2D eigenvalue weighted by atomic mass is 35.5. The van der Waals surface area contributed by atoms with E-state index in [-0.39, 0.29) is 27.3 Å². The molecule has 3 N–H and O–H groups in total. The number of rotatable bonds is 5. The lowest BCUT2D eigenvalue weighted by Crippen LogP contribution is -2.31.